The number of ether oxygens (including phenoxy) is 2. The molecule has 0 fully saturated rings. The molecular formula is C26H26FN3O3. The lowest BCUT2D eigenvalue weighted by Gasteiger charge is -2.17. The summed E-state index contributed by atoms with van der Waals surface area (Å²) in [5, 5.41) is 3.05. The minimum Gasteiger partial charge on any atom is -0.493 e. The van der Waals surface area contributed by atoms with Crippen molar-refractivity contribution in [3.8, 4) is 11.5 Å². The third-order valence-corrected chi connectivity index (χ3v) is 5.52. The van der Waals surface area contributed by atoms with Crippen molar-refractivity contribution in [2.75, 3.05) is 14.2 Å². The average Bonchev–Trinajstić information content (AvgIpc) is 3.19. The van der Waals surface area contributed by atoms with Crippen LogP contribution in [-0.2, 0) is 17.8 Å². The lowest BCUT2D eigenvalue weighted by Crippen LogP contribution is -2.30. The van der Waals surface area contributed by atoms with Gasteiger partial charge in [-0.05, 0) is 54.4 Å². The molecule has 7 heteroatoms. The molecule has 1 atom stereocenters. The summed E-state index contributed by atoms with van der Waals surface area (Å²) in [6.07, 6.45) is 0.197. The molecule has 0 aliphatic heterocycles. The first-order valence-electron chi connectivity index (χ1n) is 10.7. The van der Waals surface area contributed by atoms with Gasteiger partial charge in [0.1, 0.15) is 11.6 Å². The Morgan fingerprint density at radius 1 is 1.00 bits per heavy atom. The summed E-state index contributed by atoms with van der Waals surface area (Å²) in [4.78, 5) is 17.6. The molecule has 1 amide bonds. The quantitative estimate of drug-likeness (QED) is 0.427. The van der Waals surface area contributed by atoms with Crippen LogP contribution in [-0.4, -0.2) is 29.7 Å². The highest BCUT2D eigenvalue weighted by atomic mass is 19.1. The summed E-state index contributed by atoms with van der Waals surface area (Å²) in [5.74, 6) is 1.53. The molecule has 0 aliphatic carbocycles. The van der Waals surface area contributed by atoms with Crippen LogP contribution >= 0.6 is 0 Å². The smallest absolute Gasteiger partial charge is 0.224 e. The highest BCUT2D eigenvalue weighted by molar-refractivity contribution is 5.80. The predicted octanol–water partition coefficient (Wildman–Crippen LogP) is 4.66. The van der Waals surface area contributed by atoms with Crippen LogP contribution in [0.4, 0.5) is 4.39 Å². The highest BCUT2D eigenvalue weighted by Gasteiger charge is 2.19. The van der Waals surface area contributed by atoms with Crippen molar-refractivity contribution < 1.29 is 18.7 Å². The third-order valence-electron chi connectivity index (χ3n) is 5.52. The van der Waals surface area contributed by atoms with E-state index in [2.05, 4.69) is 9.88 Å². The van der Waals surface area contributed by atoms with E-state index in [0.717, 1.165) is 28.0 Å². The number of aromatic nitrogens is 2. The van der Waals surface area contributed by atoms with Crippen LogP contribution < -0.4 is 14.8 Å². The zero-order valence-electron chi connectivity index (χ0n) is 18.8. The van der Waals surface area contributed by atoms with Crippen LogP contribution in [0.2, 0.25) is 0 Å². The second kappa shape index (κ2) is 9.73. The number of methoxy groups -OCH3 is 2. The van der Waals surface area contributed by atoms with E-state index in [9.17, 15) is 9.18 Å². The van der Waals surface area contributed by atoms with Crippen molar-refractivity contribution in [3.63, 3.8) is 0 Å². The molecule has 170 valence electrons. The Bertz CT molecular complexity index is 1270. The number of rotatable bonds is 8. The molecule has 6 nitrogen and oxygen atoms in total. The number of hydrogen-bond acceptors (Lipinski definition) is 4. The van der Waals surface area contributed by atoms with Gasteiger partial charge in [0.15, 0.2) is 11.5 Å². The van der Waals surface area contributed by atoms with Gasteiger partial charge in [-0.3, -0.25) is 4.79 Å². The third kappa shape index (κ3) is 4.98. The fraction of sp³-hybridized carbons (Fsp3) is 0.231. The van der Waals surface area contributed by atoms with Crippen molar-refractivity contribution in [1.29, 1.82) is 0 Å². The summed E-state index contributed by atoms with van der Waals surface area (Å²) in [7, 11) is 3.14. The molecule has 1 aromatic heterocycles. The topological polar surface area (TPSA) is 65.4 Å². The Morgan fingerprint density at radius 2 is 1.70 bits per heavy atom. The molecule has 3 aromatic carbocycles. The summed E-state index contributed by atoms with van der Waals surface area (Å²) < 4.78 is 26.0. The summed E-state index contributed by atoms with van der Waals surface area (Å²) >= 11 is 0. The van der Waals surface area contributed by atoms with Gasteiger partial charge in [-0.1, -0.05) is 30.3 Å². The molecule has 0 saturated carbocycles. The minimum absolute atomic E-state index is 0.130. The maximum Gasteiger partial charge on any atom is 0.224 e. The van der Waals surface area contributed by atoms with Crippen LogP contribution in [0.5, 0.6) is 11.5 Å². The number of benzene rings is 3. The Hall–Kier alpha value is -3.87. The molecule has 4 aromatic rings. The summed E-state index contributed by atoms with van der Waals surface area (Å²) in [6, 6.07) is 19.3. The van der Waals surface area contributed by atoms with Crippen molar-refractivity contribution >= 4 is 16.9 Å². The Kier molecular flexibility index (Phi) is 6.58. The van der Waals surface area contributed by atoms with Gasteiger partial charge < -0.3 is 19.4 Å². The van der Waals surface area contributed by atoms with E-state index in [4.69, 9.17) is 14.5 Å². The second-order valence-electron chi connectivity index (χ2n) is 7.83. The maximum absolute atomic E-state index is 13.4. The number of fused-ring (bicyclic) bond motifs is 1. The van der Waals surface area contributed by atoms with Gasteiger partial charge in [-0.2, -0.15) is 0 Å². The molecule has 1 heterocycles. The summed E-state index contributed by atoms with van der Waals surface area (Å²) in [6.45, 7) is 2.43. The molecule has 0 bridgehead atoms. The van der Waals surface area contributed by atoms with Gasteiger partial charge in [-0.25, -0.2) is 9.37 Å². The minimum atomic E-state index is -0.328. The van der Waals surface area contributed by atoms with Crippen LogP contribution in [0.1, 0.15) is 29.9 Å². The Balaban J connectivity index is 1.55. The number of hydrogen-bond donors (Lipinski definition) is 1. The largest absolute Gasteiger partial charge is 0.493 e. The van der Waals surface area contributed by atoms with Gasteiger partial charge in [-0.15, -0.1) is 0 Å². The van der Waals surface area contributed by atoms with Gasteiger partial charge in [0, 0.05) is 6.54 Å². The molecule has 1 N–H and O–H groups in total. The van der Waals surface area contributed by atoms with Crippen molar-refractivity contribution in [2.45, 2.75) is 25.9 Å². The van der Waals surface area contributed by atoms with Crippen molar-refractivity contribution in [3.05, 3.63) is 89.5 Å². The first kappa shape index (κ1) is 22.3. The van der Waals surface area contributed by atoms with Crippen LogP contribution in [0.25, 0.3) is 11.0 Å². The van der Waals surface area contributed by atoms with Gasteiger partial charge in [0.2, 0.25) is 5.91 Å². The van der Waals surface area contributed by atoms with Crippen molar-refractivity contribution in [2.24, 2.45) is 0 Å². The maximum atomic E-state index is 13.4. The molecule has 1 unspecified atom stereocenters. The standard InChI is InChI=1S/C26H26FN3O3/c1-17(28-25(31)15-19-10-13-23(32-2)24(14-19)33-3)26-29-21-6-4-5-7-22(21)30(26)16-18-8-11-20(27)12-9-18/h4-14,17H,15-16H2,1-3H3,(H,28,31). The van der Waals surface area contributed by atoms with Crippen LogP contribution in [0.3, 0.4) is 0 Å². The van der Waals surface area contributed by atoms with Crippen molar-refractivity contribution in [1.82, 2.24) is 14.9 Å². The van der Waals surface area contributed by atoms with E-state index in [1.54, 1.807) is 38.5 Å². The van der Waals surface area contributed by atoms with Crippen LogP contribution in [0.15, 0.2) is 66.7 Å². The van der Waals surface area contributed by atoms with Gasteiger partial charge >= 0.3 is 0 Å². The molecule has 0 saturated heterocycles. The number of halogens is 1. The second-order valence-corrected chi connectivity index (χ2v) is 7.83. The lowest BCUT2D eigenvalue weighted by atomic mass is 10.1. The average molecular weight is 448 g/mol. The number of nitrogens with one attached hydrogen (secondary N) is 1. The number of para-hydroxylation sites is 2. The predicted molar refractivity (Wildman–Crippen MR) is 125 cm³/mol. The Morgan fingerprint density at radius 3 is 2.42 bits per heavy atom. The first-order valence-corrected chi connectivity index (χ1v) is 10.7. The zero-order valence-corrected chi connectivity index (χ0v) is 18.8. The summed E-state index contributed by atoms with van der Waals surface area (Å²) in [5.41, 5.74) is 3.57. The highest BCUT2D eigenvalue weighted by Crippen LogP contribution is 2.28. The number of imidazole rings is 1. The fourth-order valence-electron chi connectivity index (χ4n) is 3.90. The number of carbonyl (C=O) groups excluding carboxylic acids is 1. The molecule has 0 aliphatic rings. The van der Waals surface area contributed by atoms with Gasteiger partial charge in [0.05, 0.1) is 37.7 Å². The van der Waals surface area contributed by atoms with E-state index in [-0.39, 0.29) is 24.2 Å². The number of amides is 1. The van der Waals surface area contributed by atoms with E-state index >= 15 is 0 Å². The van der Waals surface area contributed by atoms with Crippen LogP contribution in [0, 0.1) is 5.82 Å². The molecule has 4 rings (SSSR count). The zero-order chi connectivity index (χ0) is 23.4. The SMILES string of the molecule is COc1ccc(CC(=O)NC(C)c2nc3ccccc3n2Cc2ccc(F)cc2)cc1OC. The van der Waals surface area contributed by atoms with Gasteiger partial charge in [0.25, 0.3) is 0 Å². The normalized spacial score (nSPS) is 11.9. The molecule has 33 heavy (non-hydrogen) atoms. The van der Waals surface area contributed by atoms with E-state index in [0.29, 0.717) is 18.0 Å². The fourth-order valence-corrected chi connectivity index (χ4v) is 3.90. The van der Waals surface area contributed by atoms with E-state index in [1.807, 2.05) is 37.3 Å². The molecular weight excluding hydrogens is 421 g/mol. The Labute approximate surface area is 192 Å². The number of nitrogens with zero attached hydrogens (tertiary/aromatic N) is 2. The lowest BCUT2D eigenvalue weighted by molar-refractivity contribution is -0.121. The first-order chi connectivity index (χ1) is 16.0. The monoisotopic (exact) mass is 447 g/mol. The van der Waals surface area contributed by atoms with E-state index in [1.165, 1.54) is 12.1 Å². The molecule has 0 spiro atoms. The number of carbonyl (C=O) groups is 1. The molecule has 0 radical (unpaired) electrons. The van der Waals surface area contributed by atoms with E-state index < -0.39 is 0 Å².